The van der Waals surface area contributed by atoms with Crippen LogP contribution in [0.4, 0.5) is 0 Å². The maximum absolute atomic E-state index is 14.3. The quantitative estimate of drug-likeness (QED) is 0.0234. The fourth-order valence-electron chi connectivity index (χ4n) is 7.62. The Hall–Kier alpha value is -6.03. The summed E-state index contributed by atoms with van der Waals surface area (Å²) >= 11 is 0. The molecule has 9 amide bonds. The smallest absolute Gasteiger partial charge is 0.303 e. The van der Waals surface area contributed by atoms with Gasteiger partial charge in [0.1, 0.15) is 42.3 Å². The van der Waals surface area contributed by atoms with Crippen molar-refractivity contribution in [2.45, 2.75) is 169 Å². The van der Waals surface area contributed by atoms with Crippen LogP contribution in [-0.2, 0) is 47.9 Å². The Morgan fingerprint density at radius 1 is 0.735 bits per heavy atom. The second kappa shape index (κ2) is 30.4. The maximum atomic E-state index is 14.3. The van der Waals surface area contributed by atoms with Crippen molar-refractivity contribution >= 4 is 65.1 Å². The number of hydrogen-bond acceptors (Lipinski definition) is 11. The zero-order valence-corrected chi connectivity index (χ0v) is 41.7. The molecule has 1 aliphatic rings. The molecule has 0 bridgehead atoms. The van der Waals surface area contributed by atoms with Gasteiger partial charge in [-0.3, -0.25) is 52.9 Å². The summed E-state index contributed by atoms with van der Waals surface area (Å²) in [4.78, 5) is 140. The van der Waals surface area contributed by atoms with E-state index in [2.05, 4.69) is 42.2 Å². The van der Waals surface area contributed by atoms with Crippen LogP contribution in [0.2, 0.25) is 0 Å². The Labute approximate surface area is 400 Å². The average Bonchev–Trinajstić information content (AvgIpc) is 3.78. The van der Waals surface area contributed by atoms with Gasteiger partial charge in [0.15, 0.2) is 5.96 Å². The van der Waals surface area contributed by atoms with Gasteiger partial charge in [-0.1, -0.05) is 67.7 Å². The van der Waals surface area contributed by atoms with E-state index >= 15 is 0 Å². The molecular formula is C45H80N12O11. The number of likely N-dealkylation sites (N-methyl/N-ethyl adjacent to an activating group) is 2. The van der Waals surface area contributed by atoms with Crippen LogP contribution < -0.4 is 48.7 Å². The molecule has 23 heteroatoms. The van der Waals surface area contributed by atoms with Crippen LogP contribution in [0.3, 0.4) is 0 Å². The lowest BCUT2D eigenvalue weighted by molar-refractivity contribution is -0.145. The normalized spacial score (nSPS) is 16.8. The lowest BCUT2D eigenvalue weighted by Crippen LogP contribution is -2.61. The molecule has 1 fully saturated rings. The molecule has 9 atom stereocenters. The number of carbonyl (C=O) groups is 10. The molecule has 68 heavy (non-hydrogen) atoms. The molecule has 0 unspecified atom stereocenters. The molecule has 0 radical (unpaired) electrons. The van der Waals surface area contributed by atoms with Gasteiger partial charge in [-0.25, -0.2) is 0 Å². The number of likely N-dealkylation sites (tertiary alicyclic amines) is 1. The minimum atomic E-state index is -1.44. The van der Waals surface area contributed by atoms with E-state index in [-0.39, 0.29) is 44.2 Å². The van der Waals surface area contributed by atoms with Crippen molar-refractivity contribution in [2.24, 2.45) is 34.2 Å². The third kappa shape index (κ3) is 19.7. The van der Waals surface area contributed by atoms with E-state index < -0.39 is 120 Å². The van der Waals surface area contributed by atoms with E-state index in [1.165, 1.54) is 18.9 Å². The third-order valence-electron chi connectivity index (χ3n) is 12.0. The van der Waals surface area contributed by atoms with Gasteiger partial charge >= 0.3 is 5.97 Å². The molecule has 0 aliphatic carbocycles. The van der Waals surface area contributed by atoms with Gasteiger partial charge in [-0.2, -0.15) is 0 Å². The molecule has 0 aromatic rings. The lowest BCUT2D eigenvalue weighted by atomic mass is 9.95. The van der Waals surface area contributed by atoms with E-state index in [4.69, 9.17) is 11.5 Å². The van der Waals surface area contributed by atoms with Crippen LogP contribution in [0, 0.1) is 17.8 Å². The highest BCUT2D eigenvalue weighted by Gasteiger charge is 2.41. The zero-order valence-electron chi connectivity index (χ0n) is 41.7. The van der Waals surface area contributed by atoms with E-state index in [0.29, 0.717) is 51.6 Å². The molecule has 12 N–H and O–H groups in total. The van der Waals surface area contributed by atoms with Gasteiger partial charge in [0, 0.05) is 40.0 Å². The molecule has 23 nitrogen and oxygen atoms in total. The maximum Gasteiger partial charge on any atom is 0.303 e. The predicted molar refractivity (Wildman–Crippen MR) is 254 cm³/mol. The number of hydrogen-bond donors (Lipinski definition) is 10. The van der Waals surface area contributed by atoms with Crippen molar-refractivity contribution in [3.8, 4) is 0 Å². The number of carbonyl (C=O) groups excluding carboxylic acids is 9. The molecule has 1 rings (SSSR count). The summed E-state index contributed by atoms with van der Waals surface area (Å²) in [5, 5.41) is 28.3. The van der Waals surface area contributed by atoms with E-state index in [9.17, 15) is 53.1 Å². The van der Waals surface area contributed by atoms with Crippen LogP contribution in [-0.4, -0.2) is 156 Å². The summed E-state index contributed by atoms with van der Waals surface area (Å²) in [5.41, 5.74) is 11.0. The van der Waals surface area contributed by atoms with Crippen LogP contribution in [0.25, 0.3) is 0 Å². The molecular weight excluding hydrogens is 885 g/mol. The Kier molecular flexibility index (Phi) is 26.8. The van der Waals surface area contributed by atoms with Crippen LogP contribution >= 0.6 is 0 Å². The predicted octanol–water partition coefficient (Wildman–Crippen LogP) is -1.03. The second-order valence-corrected chi connectivity index (χ2v) is 17.8. The number of nitrogens with one attached hydrogen (secondary N) is 7. The fraction of sp³-hybridized carbons (Fsp3) is 0.756. The Morgan fingerprint density at radius 2 is 1.32 bits per heavy atom. The molecule has 0 aromatic heterocycles. The van der Waals surface area contributed by atoms with Crippen molar-refractivity contribution in [1.29, 1.82) is 0 Å². The summed E-state index contributed by atoms with van der Waals surface area (Å²) < 4.78 is 0. The van der Waals surface area contributed by atoms with E-state index in [0.717, 1.165) is 4.90 Å². The minimum absolute atomic E-state index is 0.0770. The molecule has 386 valence electrons. The molecule has 0 aromatic carbocycles. The first kappa shape index (κ1) is 60.0. The van der Waals surface area contributed by atoms with Gasteiger partial charge in [0.2, 0.25) is 53.2 Å². The molecule has 1 aliphatic heterocycles. The number of aliphatic imine (C=N–C) groups is 1. The monoisotopic (exact) mass is 965 g/mol. The summed E-state index contributed by atoms with van der Waals surface area (Å²) in [6.45, 7) is 15.6. The fourth-order valence-corrected chi connectivity index (χ4v) is 7.62. The first-order chi connectivity index (χ1) is 31.9. The van der Waals surface area contributed by atoms with Crippen LogP contribution in [0.15, 0.2) is 4.99 Å². The molecule has 1 heterocycles. The first-order valence-electron chi connectivity index (χ1n) is 23.8. The number of amides is 9. The van der Waals surface area contributed by atoms with Crippen LogP contribution in [0.1, 0.15) is 127 Å². The highest BCUT2D eigenvalue weighted by molar-refractivity contribution is 5.98. The molecule has 0 spiro atoms. The summed E-state index contributed by atoms with van der Waals surface area (Å²) in [6.07, 6.45) is 1.78. The number of guanidine groups is 1. The van der Waals surface area contributed by atoms with Crippen molar-refractivity contribution in [3.63, 3.8) is 0 Å². The first-order valence-corrected chi connectivity index (χ1v) is 23.8. The molecule has 0 saturated carbocycles. The minimum Gasteiger partial charge on any atom is -0.481 e. The average molecular weight is 965 g/mol. The summed E-state index contributed by atoms with van der Waals surface area (Å²) in [6, 6.07) is -8.09. The number of rotatable bonds is 30. The van der Waals surface area contributed by atoms with Gasteiger partial charge in [-0.05, 0) is 63.2 Å². The SMILES string of the molecule is CCC[C@H](NC(=O)[C@H](CCC(=O)O)N(C)C(=O)[C@H](NC(=O)[C@@H](NC(=O)CNC(C)=O)C(C)C)[C@@H](C)CC)C(=O)N[C@H](C(=O)N[C@@H](CCCN=C(N)N)C(=O)N1CCC[C@H]1C(=O)NCC)[C@@H](C)CC. The van der Waals surface area contributed by atoms with Crippen molar-refractivity contribution in [2.75, 3.05) is 33.2 Å². The van der Waals surface area contributed by atoms with Gasteiger partial charge in [0.25, 0.3) is 0 Å². The molecule has 1 saturated heterocycles. The number of carboxylic acid groups (broad SMARTS) is 1. The number of aliphatic carboxylic acids is 1. The second-order valence-electron chi connectivity index (χ2n) is 17.8. The van der Waals surface area contributed by atoms with Gasteiger partial charge < -0.3 is 63.6 Å². The third-order valence-corrected chi connectivity index (χ3v) is 12.0. The number of nitrogens with two attached hydrogens (primary N) is 2. The zero-order chi connectivity index (χ0) is 51.8. The highest BCUT2D eigenvalue weighted by atomic mass is 16.4. The highest BCUT2D eigenvalue weighted by Crippen LogP contribution is 2.21. The van der Waals surface area contributed by atoms with Crippen molar-refractivity contribution < 1.29 is 53.1 Å². The summed E-state index contributed by atoms with van der Waals surface area (Å²) in [7, 11) is 1.29. The standard InChI is InChI=1S/C45H80N12O11/c1-11-17-29(38(62)54-36(26(7)12-2)42(66)52-30(18-15-22-49-45(46)47)43(67)57-23-16-19-32(57)39(63)48-14-4)51-40(64)31(20-21-34(60)61)56(10)44(68)37(27(8)13-3)55-41(65)35(25(5)6)53-33(59)24-50-28(9)58/h25-27,29-32,35-37H,11-24H2,1-10H3,(H,48,63)(H,50,58)(H,51,64)(H,52,66)(H,53,59)(H,54,62)(H,55,65)(H,60,61)(H4,46,47,49)/t26-,27-,29-,30-,31-,32-,35-,36-,37+/m0/s1. The largest absolute Gasteiger partial charge is 0.481 e. The van der Waals surface area contributed by atoms with Crippen molar-refractivity contribution in [1.82, 2.24) is 47.0 Å². The Bertz CT molecular complexity index is 1780. The van der Waals surface area contributed by atoms with Gasteiger partial charge in [0.05, 0.1) is 6.54 Å². The lowest BCUT2D eigenvalue weighted by Gasteiger charge is -2.34. The topological polar surface area (TPSA) is 346 Å². The van der Waals surface area contributed by atoms with Gasteiger partial charge in [-0.15, -0.1) is 0 Å². The Morgan fingerprint density at radius 3 is 1.87 bits per heavy atom. The summed E-state index contributed by atoms with van der Waals surface area (Å²) in [5.74, 6) is -8.43. The van der Waals surface area contributed by atoms with E-state index in [1.54, 1.807) is 48.5 Å². The van der Waals surface area contributed by atoms with Crippen molar-refractivity contribution in [3.05, 3.63) is 0 Å². The number of nitrogens with zero attached hydrogens (tertiary/aromatic N) is 3. The van der Waals surface area contributed by atoms with E-state index in [1.807, 2.05) is 6.92 Å². The van der Waals surface area contributed by atoms with Crippen LogP contribution in [0.5, 0.6) is 0 Å². The Balaban J connectivity index is 3.49. The number of carboxylic acids is 1.